The van der Waals surface area contributed by atoms with Crippen LogP contribution in [0.25, 0.3) is 0 Å². The van der Waals surface area contributed by atoms with E-state index in [0.717, 1.165) is 5.92 Å². The first-order valence-corrected chi connectivity index (χ1v) is 4.92. The normalized spacial score (nSPS) is 37.5. The van der Waals surface area contributed by atoms with Crippen molar-refractivity contribution < 1.29 is 56.1 Å². The van der Waals surface area contributed by atoms with Gasteiger partial charge in [0, 0.05) is 4.38 Å². The van der Waals surface area contributed by atoms with Gasteiger partial charge in [-0.05, 0) is 38.0 Å². The Bertz CT molecular complexity index is 187. The summed E-state index contributed by atoms with van der Waals surface area (Å²) in [5, 5.41) is 0. The fourth-order valence-corrected chi connectivity index (χ4v) is 2.81. The molecule has 62 valence electrons. The number of ether oxygens (including phenoxy) is 1. The van der Waals surface area contributed by atoms with E-state index in [1.165, 1.54) is 32.1 Å². The second-order valence-corrected chi connectivity index (χ2v) is 4.68. The maximum Gasteiger partial charge on any atom is 1.00 e. The first-order chi connectivity index (χ1) is 5.20. The molecule has 0 aromatic rings. The van der Waals surface area contributed by atoms with Crippen molar-refractivity contribution in [3.8, 4) is 0 Å². The molecule has 0 heterocycles. The SMILES string of the molecule is S=C([S-])OC12CCC(CC1)C2.[K+]. The Hall–Kier alpha value is 1.75. The topological polar surface area (TPSA) is 9.23 Å². The van der Waals surface area contributed by atoms with E-state index >= 15 is 0 Å². The molecule has 2 aliphatic rings. The summed E-state index contributed by atoms with van der Waals surface area (Å²) >= 11 is 9.56. The van der Waals surface area contributed by atoms with E-state index in [0.29, 0.717) is 4.38 Å². The first kappa shape index (κ1) is 11.8. The van der Waals surface area contributed by atoms with Gasteiger partial charge in [0.2, 0.25) is 0 Å². The summed E-state index contributed by atoms with van der Waals surface area (Å²) in [7, 11) is 0. The Morgan fingerprint density at radius 1 is 1.42 bits per heavy atom. The van der Waals surface area contributed by atoms with Gasteiger partial charge in [0.05, 0.1) is 0 Å². The molecule has 4 heteroatoms. The van der Waals surface area contributed by atoms with Crippen molar-refractivity contribution in [2.24, 2.45) is 5.92 Å². The standard InChI is InChI=1S/C8H12OS2.K/c10-7(11)9-8-3-1-6(5-8)2-4-8;/h6H,1-5H2,(H,10,11);/q;+1/p-1. The molecule has 1 nitrogen and oxygen atoms in total. The van der Waals surface area contributed by atoms with E-state index in [9.17, 15) is 0 Å². The Labute approximate surface area is 127 Å². The fourth-order valence-electron chi connectivity index (χ4n) is 2.46. The predicted octanol–water partition coefficient (Wildman–Crippen LogP) is -0.828. The Kier molecular flexibility index (Phi) is 4.44. The molecule has 0 saturated heterocycles. The molecule has 0 aliphatic heterocycles. The van der Waals surface area contributed by atoms with E-state index in [2.05, 4.69) is 0 Å². The fraction of sp³-hybridized carbons (Fsp3) is 0.875. The number of thiocarbonyl (C=S) groups is 1. The van der Waals surface area contributed by atoms with Gasteiger partial charge >= 0.3 is 51.4 Å². The number of hydrogen-bond acceptors (Lipinski definition) is 3. The maximum atomic E-state index is 5.54. The van der Waals surface area contributed by atoms with E-state index in [-0.39, 0.29) is 57.0 Å². The van der Waals surface area contributed by atoms with Gasteiger partial charge in [0.25, 0.3) is 0 Å². The number of fused-ring (bicyclic) bond motifs is 2. The monoisotopic (exact) mass is 226 g/mol. The summed E-state index contributed by atoms with van der Waals surface area (Å²) in [4.78, 5) is 0. The minimum atomic E-state index is 0. The van der Waals surface area contributed by atoms with Gasteiger partial charge in [-0.15, -0.1) is 0 Å². The molecule has 0 radical (unpaired) electrons. The average Bonchev–Trinajstić information content (AvgIpc) is 2.43. The molecule has 2 bridgehead atoms. The largest absolute Gasteiger partial charge is 1.00 e. The van der Waals surface area contributed by atoms with Gasteiger partial charge < -0.3 is 29.6 Å². The zero-order chi connectivity index (χ0) is 7.90. The zero-order valence-electron chi connectivity index (χ0n) is 7.34. The zero-order valence-corrected chi connectivity index (χ0v) is 12.1. The molecule has 0 N–H and O–H groups in total. The number of rotatable bonds is 1. The summed E-state index contributed by atoms with van der Waals surface area (Å²) < 4.78 is 5.85. The van der Waals surface area contributed by atoms with Gasteiger partial charge in [-0.1, -0.05) is 0 Å². The minimum absolute atomic E-state index is 0. The second kappa shape index (κ2) is 4.51. The third-order valence-corrected chi connectivity index (χ3v) is 3.14. The predicted molar refractivity (Wildman–Crippen MR) is 50.4 cm³/mol. The molecule has 2 saturated carbocycles. The van der Waals surface area contributed by atoms with Crippen LogP contribution >= 0.6 is 12.2 Å². The van der Waals surface area contributed by atoms with Crippen molar-refractivity contribution in [1.82, 2.24) is 0 Å². The third kappa shape index (κ3) is 2.41. The quantitative estimate of drug-likeness (QED) is 0.328. The van der Waals surface area contributed by atoms with E-state index in [4.69, 9.17) is 29.6 Å². The molecule has 0 spiro atoms. The minimum Gasteiger partial charge on any atom is -0.507 e. The summed E-state index contributed by atoms with van der Waals surface area (Å²) in [6, 6.07) is 0. The van der Waals surface area contributed by atoms with Crippen molar-refractivity contribution >= 4 is 29.2 Å². The first-order valence-electron chi connectivity index (χ1n) is 4.10. The molecule has 2 rings (SSSR count). The molecular weight excluding hydrogens is 215 g/mol. The molecule has 0 atom stereocenters. The van der Waals surface area contributed by atoms with Gasteiger partial charge in [0.15, 0.2) is 0 Å². The number of hydrogen-bond donors (Lipinski definition) is 0. The van der Waals surface area contributed by atoms with Crippen molar-refractivity contribution in [2.45, 2.75) is 37.7 Å². The second-order valence-electron chi connectivity index (χ2n) is 3.68. The summed E-state index contributed by atoms with van der Waals surface area (Å²) in [6.45, 7) is 0. The van der Waals surface area contributed by atoms with Crippen molar-refractivity contribution in [2.75, 3.05) is 0 Å². The van der Waals surface area contributed by atoms with E-state index in [1.54, 1.807) is 0 Å². The average molecular weight is 226 g/mol. The van der Waals surface area contributed by atoms with Gasteiger partial charge in [-0.25, -0.2) is 0 Å². The van der Waals surface area contributed by atoms with Crippen LogP contribution in [0.4, 0.5) is 0 Å². The molecule has 0 amide bonds. The molecule has 0 aromatic heterocycles. The molecule has 0 unspecified atom stereocenters. The van der Waals surface area contributed by atoms with Crippen LogP contribution in [0.1, 0.15) is 32.1 Å². The third-order valence-electron chi connectivity index (χ3n) is 2.98. The van der Waals surface area contributed by atoms with Crippen LogP contribution in [-0.2, 0) is 17.4 Å². The van der Waals surface area contributed by atoms with Gasteiger partial charge in [0.1, 0.15) is 5.60 Å². The Morgan fingerprint density at radius 3 is 2.33 bits per heavy atom. The molecule has 2 fully saturated rings. The summed E-state index contributed by atoms with van der Waals surface area (Å²) in [5.74, 6) is 0.902. The van der Waals surface area contributed by atoms with Crippen LogP contribution in [0.3, 0.4) is 0 Å². The van der Waals surface area contributed by atoms with Crippen LogP contribution < -0.4 is 51.4 Å². The van der Waals surface area contributed by atoms with Crippen LogP contribution in [0.2, 0.25) is 0 Å². The molecular formula is C8H11KOS2. The molecule has 12 heavy (non-hydrogen) atoms. The van der Waals surface area contributed by atoms with Gasteiger partial charge in [-0.2, -0.15) is 0 Å². The maximum absolute atomic E-state index is 5.54. The summed E-state index contributed by atoms with van der Waals surface area (Å²) in [5.41, 5.74) is 0.0868. The van der Waals surface area contributed by atoms with Crippen molar-refractivity contribution in [1.29, 1.82) is 0 Å². The molecule has 0 aromatic carbocycles. The van der Waals surface area contributed by atoms with Crippen LogP contribution in [0.5, 0.6) is 0 Å². The van der Waals surface area contributed by atoms with Crippen molar-refractivity contribution in [3.63, 3.8) is 0 Å². The Morgan fingerprint density at radius 2 is 2.00 bits per heavy atom. The van der Waals surface area contributed by atoms with Gasteiger partial charge in [-0.3, -0.25) is 0 Å². The smallest absolute Gasteiger partial charge is 0.507 e. The van der Waals surface area contributed by atoms with Crippen LogP contribution in [0.15, 0.2) is 0 Å². The van der Waals surface area contributed by atoms with Crippen LogP contribution in [-0.4, -0.2) is 9.98 Å². The van der Waals surface area contributed by atoms with E-state index < -0.39 is 0 Å². The summed E-state index contributed by atoms with van der Waals surface area (Å²) in [6.07, 6.45) is 6.18. The van der Waals surface area contributed by atoms with E-state index in [1.807, 2.05) is 0 Å². The molecule has 2 aliphatic carbocycles. The Balaban J connectivity index is 0.000000720. The van der Waals surface area contributed by atoms with Crippen LogP contribution in [0, 0.1) is 5.92 Å². The van der Waals surface area contributed by atoms with Crippen molar-refractivity contribution in [3.05, 3.63) is 0 Å².